The Hall–Kier alpha value is -2.74. The smallest absolute Gasteiger partial charge is 0.274 e. The summed E-state index contributed by atoms with van der Waals surface area (Å²) in [5, 5.41) is 0.438. The molecule has 2 aromatic carbocycles. The first kappa shape index (κ1) is 18.6. The van der Waals surface area contributed by atoms with Gasteiger partial charge in [-0.25, -0.2) is 8.78 Å². The van der Waals surface area contributed by atoms with Gasteiger partial charge < -0.3 is 14.4 Å². The molecular weight excluding hydrogens is 386 g/mol. The SMILES string of the molecule is O=C(COc1ccccc1F)N1CCC(Oc2nc3c(F)cccc3s2)CC1. The third kappa shape index (κ3) is 4.06. The number of nitrogens with zero attached hydrogens (tertiary/aromatic N) is 2. The fourth-order valence-electron chi connectivity index (χ4n) is 3.10. The Morgan fingerprint density at radius 3 is 2.61 bits per heavy atom. The molecule has 4 rings (SSSR count). The maximum absolute atomic E-state index is 13.7. The summed E-state index contributed by atoms with van der Waals surface area (Å²) < 4.78 is 39.2. The highest BCUT2D eigenvalue weighted by Crippen LogP contribution is 2.31. The van der Waals surface area contributed by atoms with Gasteiger partial charge in [-0.2, -0.15) is 4.98 Å². The molecule has 0 aliphatic carbocycles. The second-order valence-electron chi connectivity index (χ2n) is 6.48. The van der Waals surface area contributed by atoms with E-state index in [4.69, 9.17) is 9.47 Å². The lowest BCUT2D eigenvalue weighted by molar-refractivity contribution is -0.135. The first-order valence-electron chi connectivity index (χ1n) is 8.97. The Bertz CT molecular complexity index is 986. The van der Waals surface area contributed by atoms with Crippen molar-refractivity contribution in [2.24, 2.45) is 0 Å². The maximum atomic E-state index is 13.7. The molecule has 0 N–H and O–H groups in total. The van der Waals surface area contributed by atoms with Crippen molar-refractivity contribution in [2.45, 2.75) is 18.9 Å². The number of fused-ring (bicyclic) bond motifs is 1. The fourth-order valence-corrected chi connectivity index (χ4v) is 4.00. The molecule has 1 amide bonds. The van der Waals surface area contributed by atoms with Gasteiger partial charge in [0.2, 0.25) is 0 Å². The van der Waals surface area contributed by atoms with Crippen LogP contribution in [0.15, 0.2) is 42.5 Å². The van der Waals surface area contributed by atoms with Crippen LogP contribution >= 0.6 is 11.3 Å². The molecule has 1 saturated heterocycles. The normalized spacial score (nSPS) is 15.0. The van der Waals surface area contributed by atoms with Crippen molar-refractivity contribution in [1.29, 1.82) is 0 Å². The Labute approximate surface area is 164 Å². The van der Waals surface area contributed by atoms with Gasteiger partial charge in [0.05, 0.1) is 4.70 Å². The Balaban J connectivity index is 1.28. The average Bonchev–Trinajstić information content (AvgIpc) is 3.12. The first-order valence-corrected chi connectivity index (χ1v) is 9.78. The van der Waals surface area contributed by atoms with E-state index in [0.717, 1.165) is 4.70 Å². The molecule has 2 heterocycles. The minimum Gasteiger partial charge on any atom is -0.481 e. The highest BCUT2D eigenvalue weighted by Gasteiger charge is 2.25. The van der Waals surface area contributed by atoms with Gasteiger partial charge in [0, 0.05) is 25.9 Å². The number of likely N-dealkylation sites (tertiary alicyclic amines) is 1. The molecule has 3 aromatic rings. The first-order chi connectivity index (χ1) is 13.6. The molecule has 1 aliphatic rings. The highest BCUT2D eigenvalue weighted by atomic mass is 32.1. The Morgan fingerprint density at radius 1 is 1.11 bits per heavy atom. The van der Waals surface area contributed by atoms with E-state index in [1.54, 1.807) is 29.2 Å². The highest BCUT2D eigenvalue weighted by molar-refractivity contribution is 7.20. The van der Waals surface area contributed by atoms with E-state index >= 15 is 0 Å². The molecule has 0 saturated carbocycles. The lowest BCUT2D eigenvalue weighted by atomic mass is 10.1. The number of hydrogen-bond donors (Lipinski definition) is 0. The van der Waals surface area contributed by atoms with Crippen molar-refractivity contribution in [3.8, 4) is 10.9 Å². The second kappa shape index (κ2) is 8.10. The van der Waals surface area contributed by atoms with Crippen molar-refractivity contribution in [3.05, 3.63) is 54.1 Å². The molecule has 28 heavy (non-hydrogen) atoms. The molecule has 5 nitrogen and oxygen atoms in total. The standard InChI is InChI=1S/C20H18F2N2O3S/c21-14-4-1-2-6-16(14)26-12-18(25)24-10-8-13(9-11-24)27-20-23-19-15(22)5-3-7-17(19)28-20/h1-7,13H,8-12H2. The Kier molecular flexibility index (Phi) is 5.38. The van der Waals surface area contributed by atoms with Crippen LogP contribution in [0, 0.1) is 11.6 Å². The van der Waals surface area contributed by atoms with Gasteiger partial charge in [-0.1, -0.05) is 29.5 Å². The topological polar surface area (TPSA) is 51.7 Å². The number of aromatic nitrogens is 1. The molecule has 146 valence electrons. The zero-order chi connectivity index (χ0) is 19.5. The van der Waals surface area contributed by atoms with Gasteiger partial charge in [-0.15, -0.1) is 0 Å². The molecule has 0 bridgehead atoms. The van der Waals surface area contributed by atoms with Crippen LogP contribution in [0.1, 0.15) is 12.8 Å². The zero-order valence-corrected chi connectivity index (χ0v) is 15.8. The quantitative estimate of drug-likeness (QED) is 0.645. The molecule has 0 unspecified atom stereocenters. The van der Waals surface area contributed by atoms with Crippen LogP contribution in [0.25, 0.3) is 10.2 Å². The predicted molar refractivity (Wildman–Crippen MR) is 102 cm³/mol. The molecule has 0 radical (unpaired) electrons. The largest absolute Gasteiger partial charge is 0.481 e. The summed E-state index contributed by atoms with van der Waals surface area (Å²) in [4.78, 5) is 18.2. The molecule has 8 heteroatoms. The number of para-hydroxylation sites is 2. The molecular formula is C20H18F2N2O3S. The van der Waals surface area contributed by atoms with Crippen molar-refractivity contribution in [2.75, 3.05) is 19.7 Å². The number of halogens is 2. The summed E-state index contributed by atoms with van der Waals surface area (Å²) in [6.07, 6.45) is 1.20. The van der Waals surface area contributed by atoms with Gasteiger partial charge in [0.15, 0.2) is 18.2 Å². The fraction of sp³-hybridized carbons (Fsp3) is 0.300. The summed E-state index contributed by atoms with van der Waals surface area (Å²) in [5.41, 5.74) is 0.320. The minimum atomic E-state index is -0.491. The number of rotatable bonds is 5. The second-order valence-corrected chi connectivity index (χ2v) is 7.48. The van der Waals surface area contributed by atoms with Crippen LogP contribution in [0.4, 0.5) is 8.78 Å². The third-order valence-electron chi connectivity index (χ3n) is 4.60. The van der Waals surface area contributed by atoms with Crippen LogP contribution in [0.5, 0.6) is 10.9 Å². The summed E-state index contributed by atoms with van der Waals surface area (Å²) in [6, 6.07) is 10.8. The number of ether oxygens (including phenoxy) is 2. The lowest BCUT2D eigenvalue weighted by Crippen LogP contribution is -2.43. The zero-order valence-electron chi connectivity index (χ0n) is 14.9. The van der Waals surface area contributed by atoms with Crippen molar-refractivity contribution < 1.29 is 23.0 Å². The summed E-state index contributed by atoms with van der Waals surface area (Å²) in [5.74, 6) is -0.977. The average molecular weight is 404 g/mol. The van der Waals surface area contributed by atoms with E-state index in [1.165, 1.54) is 29.5 Å². The summed E-state index contributed by atoms with van der Waals surface area (Å²) in [7, 11) is 0. The monoisotopic (exact) mass is 404 g/mol. The van der Waals surface area contributed by atoms with E-state index in [-0.39, 0.29) is 30.2 Å². The lowest BCUT2D eigenvalue weighted by Gasteiger charge is -2.31. The maximum Gasteiger partial charge on any atom is 0.274 e. The van der Waals surface area contributed by atoms with Gasteiger partial charge >= 0.3 is 0 Å². The molecule has 0 atom stereocenters. The summed E-state index contributed by atoms with van der Waals surface area (Å²) >= 11 is 1.31. The number of amides is 1. The van der Waals surface area contributed by atoms with Crippen molar-refractivity contribution >= 4 is 27.5 Å². The van der Waals surface area contributed by atoms with Gasteiger partial charge in [0.1, 0.15) is 17.4 Å². The molecule has 1 aliphatic heterocycles. The van der Waals surface area contributed by atoms with E-state index < -0.39 is 5.82 Å². The number of hydrogen-bond acceptors (Lipinski definition) is 5. The number of thiazole rings is 1. The van der Waals surface area contributed by atoms with E-state index in [1.807, 2.05) is 0 Å². The molecule has 0 spiro atoms. The summed E-state index contributed by atoms with van der Waals surface area (Å²) in [6.45, 7) is 0.830. The third-order valence-corrected chi connectivity index (χ3v) is 5.51. The van der Waals surface area contributed by atoms with Crippen LogP contribution in [-0.2, 0) is 4.79 Å². The number of benzene rings is 2. The van der Waals surface area contributed by atoms with Crippen LogP contribution in [-0.4, -0.2) is 41.6 Å². The Morgan fingerprint density at radius 2 is 1.86 bits per heavy atom. The molecule has 1 aromatic heterocycles. The predicted octanol–water partition coefficient (Wildman–Crippen LogP) is 4.02. The van der Waals surface area contributed by atoms with E-state index in [9.17, 15) is 13.6 Å². The van der Waals surface area contributed by atoms with Crippen molar-refractivity contribution in [3.63, 3.8) is 0 Å². The van der Waals surface area contributed by atoms with Crippen LogP contribution in [0.3, 0.4) is 0 Å². The van der Waals surface area contributed by atoms with Gasteiger partial charge in [-0.3, -0.25) is 4.79 Å². The minimum absolute atomic E-state index is 0.0668. The molecule has 1 fully saturated rings. The van der Waals surface area contributed by atoms with Gasteiger partial charge in [-0.05, 0) is 24.3 Å². The van der Waals surface area contributed by atoms with Crippen LogP contribution in [0.2, 0.25) is 0 Å². The van der Waals surface area contributed by atoms with Crippen LogP contribution < -0.4 is 9.47 Å². The number of carbonyl (C=O) groups excluding carboxylic acids is 1. The van der Waals surface area contributed by atoms with Gasteiger partial charge in [0.25, 0.3) is 11.1 Å². The van der Waals surface area contributed by atoms with E-state index in [0.29, 0.717) is 36.6 Å². The number of piperidine rings is 1. The number of carbonyl (C=O) groups is 1. The van der Waals surface area contributed by atoms with E-state index in [2.05, 4.69) is 4.98 Å². The van der Waals surface area contributed by atoms with Crippen molar-refractivity contribution in [1.82, 2.24) is 9.88 Å².